The van der Waals surface area contributed by atoms with Crippen LogP contribution in [0.25, 0.3) is 0 Å². The van der Waals surface area contributed by atoms with Crippen molar-refractivity contribution in [2.75, 3.05) is 0 Å². The van der Waals surface area contributed by atoms with E-state index in [1.165, 1.54) is 19.3 Å². The molecule has 0 spiro atoms. The Morgan fingerprint density at radius 2 is 2.07 bits per heavy atom. The van der Waals surface area contributed by atoms with Crippen LogP contribution < -0.4 is 0 Å². The van der Waals surface area contributed by atoms with E-state index in [2.05, 4.69) is 20.8 Å². The van der Waals surface area contributed by atoms with Crippen molar-refractivity contribution in [1.29, 1.82) is 0 Å². The Bertz CT molecular complexity index is 200. The Labute approximate surface area is 92.2 Å². The van der Waals surface area contributed by atoms with E-state index >= 15 is 0 Å². The molecule has 14 heavy (non-hydrogen) atoms. The van der Waals surface area contributed by atoms with Crippen molar-refractivity contribution in [3.8, 4) is 0 Å². The van der Waals surface area contributed by atoms with Gasteiger partial charge in [0.25, 0.3) is 0 Å². The molecule has 0 aromatic rings. The maximum atomic E-state index is 11.3. The van der Waals surface area contributed by atoms with Gasteiger partial charge in [-0.1, -0.05) is 33.6 Å². The van der Waals surface area contributed by atoms with Gasteiger partial charge >= 0.3 is 0 Å². The molecule has 3 atom stereocenters. The smallest absolute Gasteiger partial charge is 0.225 e. The van der Waals surface area contributed by atoms with Gasteiger partial charge in [0.2, 0.25) is 5.24 Å². The molecule has 0 radical (unpaired) electrons. The number of hydrogen-bond acceptors (Lipinski definition) is 1. The standard InChI is InChI=1S/C12H21ClO/c1-4-9-5-6-10(8(2)3)11(7-9)12(13)14/h8-11H,4-7H2,1-3H3/t9-,10+,11-/m1/s1. The molecule has 0 saturated heterocycles. The molecule has 82 valence electrons. The van der Waals surface area contributed by atoms with Crippen molar-refractivity contribution in [2.24, 2.45) is 23.7 Å². The molecule has 0 bridgehead atoms. The van der Waals surface area contributed by atoms with Gasteiger partial charge in [0.15, 0.2) is 0 Å². The van der Waals surface area contributed by atoms with Crippen molar-refractivity contribution < 1.29 is 4.79 Å². The lowest BCUT2D eigenvalue weighted by molar-refractivity contribution is -0.119. The van der Waals surface area contributed by atoms with Gasteiger partial charge in [-0.25, -0.2) is 0 Å². The number of carbonyl (C=O) groups is 1. The first kappa shape index (κ1) is 12.0. The van der Waals surface area contributed by atoms with Crippen LogP contribution in [0, 0.1) is 23.7 Å². The lowest BCUT2D eigenvalue weighted by atomic mass is 9.69. The molecule has 1 nitrogen and oxygen atoms in total. The van der Waals surface area contributed by atoms with E-state index in [0.29, 0.717) is 11.8 Å². The molecule has 1 aliphatic rings. The monoisotopic (exact) mass is 216 g/mol. The first-order valence-electron chi connectivity index (χ1n) is 5.75. The summed E-state index contributed by atoms with van der Waals surface area (Å²) in [6.45, 7) is 6.60. The van der Waals surface area contributed by atoms with Crippen molar-refractivity contribution in [3.63, 3.8) is 0 Å². The molecular weight excluding hydrogens is 196 g/mol. The Balaban J connectivity index is 2.65. The zero-order valence-corrected chi connectivity index (χ0v) is 10.2. The second kappa shape index (κ2) is 5.16. The van der Waals surface area contributed by atoms with E-state index in [-0.39, 0.29) is 11.2 Å². The number of hydrogen-bond donors (Lipinski definition) is 0. The summed E-state index contributed by atoms with van der Waals surface area (Å²) in [6.07, 6.45) is 4.66. The largest absolute Gasteiger partial charge is 0.281 e. The summed E-state index contributed by atoms with van der Waals surface area (Å²) < 4.78 is 0. The first-order valence-corrected chi connectivity index (χ1v) is 6.13. The van der Waals surface area contributed by atoms with Gasteiger partial charge in [-0.15, -0.1) is 0 Å². The van der Waals surface area contributed by atoms with E-state index in [0.717, 1.165) is 12.3 Å². The Morgan fingerprint density at radius 3 is 2.50 bits per heavy atom. The molecular formula is C12H21ClO. The number of halogens is 1. The minimum absolute atomic E-state index is 0.109. The average Bonchev–Trinajstić information content (AvgIpc) is 2.16. The van der Waals surface area contributed by atoms with Crippen molar-refractivity contribution >= 4 is 16.8 Å². The molecule has 0 aliphatic heterocycles. The minimum Gasteiger partial charge on any atom is -0.281 e. The minimum atomic E-state index is -0.109. The summed E-state index contributed by atoms with van der Waals surface area (Å²) >= 11 is 5.68. The number of rotatable bonds is 3. The van der Waals surface area contributed by atoms with Crippen molar-refractivity contribution in [1.82, 2.24) is 0 Å². The van der Waals surface area contributed by atoms with E-state index in [9.17, 15) is 4.79 Å². The molecule has 1 aliphatic carbocycles. The third kappa shape index (κ3) is 2.73. The van der Waals surface area contributed by atoms with E-state index in [1.54, 1.807) is 0 Å². The maximum Gasteiger partial charge on any atom is 0.225 e. The van der Waals surface area contributed by atoms with Crippen LogP contribution in [0.1, 0.15) is 46.5 Å². The van der Waals surface area contributed by atoms with Crippen LogP contribution in [0.5, 0.6) is 0 Å². The predicted molar refractivity (Wildman–Crippen MR) is 60.3 cm³/mol. The molecule has 0 aromatic carbocycles. The van der Waals surface area contributed by atoms with Gasteiger partial charge in [0.05, 0.1) is 0 Å². The summed E-state index contributed by atoms with van der Waals surface area (Å²) in [5.41, 5.74) is 0. The lowest BCUT2D eigenvalue weighted by Crippen LogP contribution is -2.31. The quantitative estimate of drug-likeness (QED) is 0.655. The fourth-order valence-corrected chi connectivity index (χ4v) is 2.96. The molecule has 2 heteroatoms. The predicted octanol–water partition coefficient (Wildman–Crippen LogP) is 3.85. The molecule has 1 fully saturated rings. The maximum absolute atomic E-state index is 11.3. The molecule has 1 rings (SSSR count). The van der Waals surface area contributed by atoms with Crippen LogP contribution in [0.15, 0.2) is 0 Å². The fourth-order valence-electron chi connectivity index (χ4n) is 2.71. The van der Waals surface area contributed by atoms with Crippen LogP contribution in [0.3, 0.4) is 0 Å². The van der Waals surface area contributed by atoms with Gasteiger partial charge in [0, 0.05) is 5.92 Å². The van der Waals surface area contributed by atoms with E-state index in [1.807, 2.05) is 0 Å². The van der Waals surface area contributed by atoms with Crippen molar-refractivity contribution in [3.05, 3.63) is 0 Å². The summed E-state index contributed by atoms with van der Waals surface area (Å²) in [4.78, 5) is 11.3. The van der Waals surface area contributed by atoms with E-state index in [4.69, 9.17) is 11.6 Å². The lowest BCUT2D eigenvalue weighted by Gasteiger charge is -2.36. The van der Waals surface area contributed by atoms with Crippen molar-refractivity contribution in [2.45, 2.75) is 46.5 Å². The Morgan fingerprint density at radius 1 is 1.43 bits per heavy atom. The molecule has 0 unspecified atom stereocenters. The molecule has 0 N–H and O–H groups in total. The molecule has 0 aromatic heterocycles. The van der Waals surface area contributed by atoms with Crippen LogP contribution in [-0.4, -0.2) is 5.24 Å². The average molecular weight is 217 g/mol. The summed E-state index contributed by atoms with van der Waals surface area (Å²) in [5, 5.41) is -0.109. The van der Waals surface area contributed by atoms with Crippen LogP contribution in [0.4, 0.5) is 0 Å². The highest BCUT2D eigenvalue weighted by atomic mass is 35.5. The zero-order valence-electron chi connectivity index (χ0n) is 9.42. The van der Waals surface area contributed by atoms with E-state index < -0.39 is 0 Å². The first-order chi connectivity index (χ1) is 6.56. The SMILES string of the molecule is CC[C@@H]1CC[C@@H](C(C)C)[C@H](C(=O)Cl)C1. The second-order valence-electron chi connectivity index (χ2n) is 4.91. The Kier molecular flexibility index (Phi) is 4.43. The highest BCUT2D eigenvalue weighted by Gasteiger charge is 2.35. The molecule has 1 saturated carbocycles. The van der Waals surface area contributed by atoms with Gasteiger partial charge < -0.3 is 0 Å². The zero-order chi connectivity index (χ0) is 10.7. The van der Waals surface area contributed by atoms with Gasteiger partial charge in [-0.3, -0.25) is 4.79 Å². The third-order valence-electron chi connectivity index (χ3n) is 3.74. The summed E-state index contributed by atoms with van der Waals surface area (Å²) in [6, 6.07) is 0. The Hall–Kier alpha value is -0.0400. The van der Waals surface area contributed by atoms with Gasteiger partial charge in [-0.05, 0) is 42.2 Å². The van der Waals surface area contributed by atoms with Gasteiger partial charge in [-0.2, -0.15) is 0 Å². The third-order valence-corrected chi connectivity index (χ3v) is 4.02. The molecule has 0 heterocycles. The van der Waals surface area contributed by atoms with Crippen LogP contribution >= 0.6 is 11.6 Å². The summed E-state index contributed by atoms with van der Waals surface area (Å²) in [5.74, 6) is 1.94. The van der Waals surface area contributed by atoms with Crippen LogP contribution in [0.2, 0.25) is 0 Å². The van der Waals surface area contributed by atoms with Gasteiger partial charge in [0.1, 0.15) is 0 Å². The number of carbonyl (C=O) groups excluding carboxylic acids is 1. The molecule has 0 amide bonds. The summed E-state index contributed by atoms with van der Waals surface area (Å²) in [7, 11) is 0. The highest BCUT2D eigenvalue weighted by Crippen LogP contribution is 2.40. The highest BCUT2D eigenvalue weighted by molar-refractivity contribution is 6.64. The second-order valence-corrected chi connectivity index (χ2v) is 5.28. The normalized spacial score (nSPS) is 33.4. The topological polar surface area (TPSA) is 17.1 Å². The fraction of sp³-hybridized carbons (Fsp3) is 0.917. The van der Waals surface area contributed by atoms with Crippen LogP contribution in [-0.2, 0) is 4.79 Å².